The molecule has 1 aliphatic rings. The molecule has 0 spiro atoms. The van der Waals surface area contributed by atoms with Crippen molar-refractivity contribution in [1.82, 2.24) is 10.3 Å². The van der Waals surface area contributed by atoms with Gasteiger partial charge in [0.25, 0.3) is 0 Å². The zero-order chi connectivity index (χ0) is 10.7. The molecule has 4 heteroatoms. The van der Waals surface area contributed by atoms with Crippen molar-refractivity contribution in [1.29, 1.82) is 0 Å². The minimum Gasteiger partial charge on any atom is -0.325 e. The molecular weight excluding hydrogens is 190 g/mol. The van der Waals surface area contributed by atoms with Gasteiger partial charge in [-0.3, -0.25) is 9.78 Å². The molecule has 1 atom stereocenters. The molecule has 15 heavy (non-hydrogen) atoms. The fourth-order valence-electron chi connectivity index (χ4n) is 1.73. The van der Waals surface area contributed by atoms with E-state index < -0.39 is 0 Å². The van der Waals surface area contributed by atoms with Crippen LogP contribution in [0.1, 0.15) is 13.3 Å². The van der Waals surface area contributed by atoms with E-state index in [9.17, 15) is 4.79 Å². The Kier molecular flexibility index (Phi) is 2.68. The van der Waals surface area contributed by atoms with Crippen LogP contribution in [-0.4, -0.2) is 24.0 Å². The highest BCUT2D eigenvalue weighted by Gasteiger charge is 2.36. The largest absolute Gasteiger partial charge is 0.325 e. The van der Waals surface area contributed by atoms with Crippen LogP contribution in [0.3, 0.4) is 0 Å². The molecule has 0 aliphatic carbocycles. The lowest BCUT2D eigenvalue weighted by atomic mass is 9.89. The summed E-state index contributed by atoms with van der Waals surface area (Å²) < 4.78 is 0. The van der Waals surface area contributed by atoms with Crippen LogP contribution in [0.2, 0.25) is 0 Å². The molecule has 1 amide bonds. The number of anilines is 1. The Morgan fingerprint density at radius 1 is 1.53 bits per heavy atom. The van der Waals surface area contributed by atoms with Crippen LogP contribution in [0.4, 0.5) is 5.69 Å². The van der Waals surface area contributed by atoms with Crippen molar-refractivity contribution in [3.63, 3.8) is 0 Å². The lowest BCUT2D eigenvalue weighted by Crippen LogP contribution is -2.35. The first-order valence-corrected chi connectivity index (χ1v) is 5.13. The molecule has 4 nitrogen and oxygen atoms in total. The van der Waals surface area contributed by atoms with Gasteiger partial charge in [-0.05, 0) is 32.0 Å². The maximum Gasteiger partial charge on any atom is 0.231 e. The average molecular weight is 205 g/mol. The molecule has 80 valence electrons. The molecule has 1 aromatic heterocycles. The first-order chi connectivity index (χ1) is 7.21. The smallest absolute Gasteiger partial charge is 0.231 e. The van der Waals surface area contributed by atoms with Gasteiger partial charge in [0, 0.05) is 24.6 Å². The van der Waals surface area contributed by atoms with E-state index in [1.165, 1.54) is 0 Å². The number of nitrogens with one attached hydrogen (secondary N) is 2. The Balaban J connectivity index is 2.04. The van der Waals surface area contributed by atoms with E-state index in [2.05, 4.69) is 15.6 Å². The highest BCUT2D eigenvalue weighted by molar-refractivity contribution is 5.95. The van der Waals surface area contributed by atoms with Gasteiger partial charge in [-0.2, -0.15) is 0 Å². The standard InChI is InChI=1S/C11H15N3O/c1-11(4-7-13-8-11)10(15)14-9-2-5-12-6-3-9/h2-3,5-6,13H,4,7-8H2,1H3,(H,12,14,15). The van der Waals surface area contributed by atoms with Gasteiger partial charge in [-0.1, -0.05) is 0 Å². The molecule has 1 unspecified atom stereocenters. The molecule has 2 N–H and O–H groups in total. The zero-order valence-corrected chi connectivity index (χ0v) is 8.79. The number of amides is 1. The number of carbonyl (C=O) groups is 1. The summed E-state index contributed by atoms with van der Waals surface area (Å²) in [6.07, 6.45) is 4.24. The van der Waals surface area contributed by atoms with Crippen molar-refractivity contribution in [3.8, 4) is 0 Å². The molecule has 0 radical (unpaired) electrons. The lowest BCUT2D eigenvalue weighted by molar-refractivity contribution is -0.123. The summed E-state index contributed by atoms with van der Waals surface area (Å²) in [7, 11) is 0. The van der Waals surface area contributed by atoms with Crippen molar-refractivity contribution < 1.29 is 4.79 Å². The van der Waals surface area contributed by atoms with Crippen LogP contribution in [-0.2, 0) is 4.79 Å². The molecule has 2 rings (SSSR count). The summed E-state index contributed by atoms with van der Waals surface area (Å²) in [5.74, 6) is 0.0821. The topological polar surface area (TPSA) is 54.0 Å². The Bertz CT molecular complexity index is 344. The molecule has 1 aliphatic heterocycles. The van der Waals surface area contributed by atoms with Crippen LogP contribution in [0, 0.1) is 5.41 Å². The average Bonchev–Trinajstić information content (AvgIpc) is 2.68. The van der Waals surface area contributed by atoms with E-state index in [0.29, 0.717) is 0 Å². The SMILES string of the molecule is CC1(C(=O)Nc2ccncc2)CCNC1. The Morgan fingerprint density at radius 3 is 2.87 bits per heavy atom. The third-order valence-electron chi connectivity index (χ3n) is 2.86. The zero-order valence-electron chi connectivity index (χ0n) is 8.79. The highest BCUT2D eigenvalue weighted by Crippen LogP contribution is 2.26. The number of pyridine rings is 1. The van der Waals surface area contributed by atoms with Crippen molar-refractivity contribution in [3.05, 3.63) is 24.5 Å². The minimum atomic E-state index is -0.275. The van der Waals surface area contributed by atoms with Gasteiger partial charge in [-0.25, -0.2) is 0 Å². The fraction of sp³-hybridized carbons (Fsp3) is 0.455. The highest BCUT2D eigenvalue weighted by atomic mass is 16.2. The van der Waals surface area contributed by atoms with Crippen molar-refractivity contribution in [2.24, 2.45) is 5.41 Å². The van der Waals surface area contributed by atoms with E-state index in [4.69, 9.17) is 0 Å². The summed E-state index contributed by atoms with van der Waals surface area (Å²) in [6, 6.07) is 3.59. The maximum atomic E-state index is 12.0. The molecule has 1 fully saturated rings. The van der Waals surface area contributed by atoms with Gasteiger partial charge >= 0.3 is 0 Å². The Hall–Kier alpha value is -1.42. The lowest BCUT2D eigenvalue weighted by Gasteiger charge is -2.21. The van der Waals surface area contributed by atoms with Gasteiger partial charge in [-0.15, -0.1) is 0 Å². The van der Waals surface area contributed by atoms with E-state index in [1.54, 1.807) is 24.5 Å². The van der Waals surface area contributed by atoms with Crippen LogP contribution >= 0.6 is 0 Å². The predicted molar refractivity (Wildman–Crippen MR) is 58.5 cm³/mol. The van der Waals surface area contributed by atoms with E-state index >= 15 is 0 Å². The van der Waals surface area contributed by atoms with E-state index in [0.717, 1.165) is 25.2 Å². The minimum absolute atomic E-state index is 0.0821. The number of hydrogen-bond donors (Lipinski definition) is 2. The monoisotopic (exact) mass is 205 g/mol. The second-order valence-corrected chi connectivity index (χ2v) is 4.18. The van der Waals surface area contributed by atoms with Gasteiger partial charge < -0.3 is 10.6 Å². The van der Waals surface area contributed by atoms with Gasteiger partial charge in [0.1, 0.15) is 0 Å². The normalized spacial score (nSPS) is 25.1. The van der Waals surface area contributed by atoms with Crippen molar-refractivity contribution in [2.45, 2.75) is 13.3 Å². The molecular formula is C11H15N3O. The quantitative estimate of drug-likeness (QED) is 0.758. The summed E-state index contributed by atoms with van der Waals surface area (Å²) in [5, 5.41) is 6.11. The number of rotatable bonds is 2. The predicted octanol–water partition coefficient (Wildman–Crippen LogP) is 1.02. The van der Waals surface area contributed by atoms with Crippen LogP contribution in [0.5, 0.6) is 0 Å². The summed E-state index contributed by atoms with van der Waals surface area (Å²) in [5.41, 5.74) is 0.534. The number of carbonyl (C=O) groups excluding carboxylic acids is 1. The third-order valence-corrected chi connectivity index (χ3v) is 2.86. The molecule has 0 aromatic carbocycles. The summed E-state index contributed by atoms with van der Waals surface area (Å²) >= 11 is 0. The van der Waals surface area contributed by atoms with E-state index in [1.807, 2.05) is 6.92 Å². The fourth-order valence-corrected chi connectivity index (χ4v) is 1.73. The maximum absolute atomic E-state index is 12.0. The van der Waals surface area contributed by atoms with Gasteiger partial charge in [0.2, 0.25) is 5.91 Å². The second-order valence-electron chi connectivity index (χ2n) is 4.18. The molecule has 0 saturated carbocycles. The Labute approximate surface area is 89.1 Å². The first kappa shape index (κ1) is 10.1. The third kappa shape index (κ3) is 2.15. The van der Waals surface area contributed by atoms with Crippen LogP contribution in [0.25, 0.3) is 0 Å². The molecule has 1 aromatic rings. The van der Waals surface area contributed by atoms with Crippen LogP contribution < -0.4 is 10.6 Å². The van der Waals surface area contributed by atoms with E-state index in [-0.39, 0.29) is 11.3 Å². The molecule has 1 saturated heterocycles. The summed E-state index contributed by atoms with van der Waals surface area (Å²) in [6.45, 7) is 3.66. The molecule has 0 bridgehead atoms. The Morgan fingerprint density at radius 2 is 2.27 bits per heavy atom. The molecule has 2 heterocycles. The van der Waals surface area contributed by atoms with Crippen molar-refractivity contribution >= 4 is 11.6 Å². The second kappa shape index (κ2) is 3.98. The summed E-state index contributed by atoms with van der Waals surface area (Å²) in [4.78, 5) is 15.9. The number of aromatic nitrogens is 1. The van der Waals surface area contributed by atoms with Gasteiger partial charge in [0.15, 0.2) is 0 Å². The van der Waals surface area contributed by atoms with Crippen LogP contribution in [0.15, 0.2) is 24.5 Å². The number of hydrogen-bond acceptors (Lipinski definition) is 3. The first-order valence-electron chi connectivity index (χ1n) is 5.13. The number of nitrogens with zero attached hydrogens (tertiary/aromatic N) is 1. The van der Waals surface area contributed by atoms with Gasteiger partial charge in [0.05, 0.1) is 5.41 Å². The van der Waals surface area contributed by atoms with Crippen molar-refractivity contribution in [2.75, 3.05) is 18.4 Å².